The van der Waals surface area contributed by atoms with Crippen molar-refractivity contribution in [2.45, 2.75) is 6.54 Å². The van der Waals surface area contributed by atoms with Gasteiger partial charge in [0.25, 0.3) is 0 Å². The summed E-state index contributed by atoms with van der Waals surface area (Å²) in [6, 6.07) is 5.33. The third kappa shape index (κ3) is 3.06. The van der Waals surface area contributed by atoms with Crippen molar-refractivity contribution in [2.75, 3.05) is 19.6 Å². The molecule has 0 atom stereocenters. The molecule has 0 aromatic carbocycles. The highest BCUT2D eigenvalue weighted by Crippen LogP contribution is 2.08. The van der Waals surface area contributed by atoms with Gasteiger partial charge >= 0.3 is 17.8 Å². The Bertz CT molecular complexity index is 503. The predicted octanol–water partition coefficient (Wildman–Crippen LogP) is -0.663. The molecule has 0 unspecified atom stereocenters. The Morgan fingerprint density at radius 1 is 1.21 bits per heavy atom. The fourth-order valence-corrected chi connectivity index (χ4v) is 1.87. The minimum absolute atomic E-state index is 0.226. The molecule has 7 heteroatoms. The predicted molar refractivity (Wildman–Crippen MR) is 63.9 cm³/mol. The van der Waals surface area contributed by atoms with Gasteiger partial charge in [0.15, 0.2) is 0 Å². The van der Waals surface area contributed by atoms with E-state index < -0.39 is 24.3 Å². The quantitative estimate of drug-likeness (QED) is 0.728. The third-order valence-corrected chi connectivity index (χ3v) is 2.80. The van der Waals surface area contributed by atoms with Gasteiger partial charge in [-0.3, -0.25) is 19.4 Å². The highest BCUT2D eigenvalue weighted by molar-refractivity contribution is 6.35. The maximum absolute atomic E-state index is 11.8. The Morgan fingerprint density at radius 2 is 1.89 bits per heavy atom. The van der Waals surface area contributed by atoms with Crippen LogP contribution in [0.2, 0.25) is 0 Å². The van der Waals surface area contributed by atoms with Gasteiger partial charge in [0, 0.05) is 19.3 Å². The Morgan fingerprint density at radius 3 is 2.53 bits per heavy atom. The lowest BCUT2D eigenvalue weighted by Crippen LogP contribution is -2.55. The van der Waals surface area contributed by atoms with E-state index in [1.54, 1.807) is 24.4 Å². The number of carbonyl (C=O) groups excluding carboxylic acids is 2. The van der Waals surface area contributed by atoms with E-state index in [-0.39, 0.29) is 13.1 Å². The number of rotatable bonds is 4. The van der Waals surface area contributed by atoms with Crippen molar-refractivity contribution >= 4 is 17.8 Å². The molecular weight excluding hydrogens is 250 g/mol. The van der Waals surface area contributed by atoms with Crippen LogP contribution in [0.15, 0.2) is 24.4 Å². The van der Waals surface area contributed by atoms with Gasteiger partial charge in [-0.15, -0.1) is 0 Å². The van der Waals surface area contributed by atoms with Crippen LogP contribution >= 0.6 is 0 Å². The molecule has 0 saturated carbocycles. The minimum atomic E-state index is -1.13. The lowest BCUT2D eigenvalue weighted by atomic mass is 10.2. The minimum Gasteiger partial charge on any atom is -0.480 e. The van der Waals surface area contributed by atoms with Crippen molar-refractivity contribution in [3.63, 3.8) is 0 Å². The molecule has 2 amide bonds. The average Bonchev–Trinajstić information content (AvgIpc) is 2.39. The van der Waals surface area contributed by atoms with E-state index in [1.165, 1.54) is 4.90 Å². The van der Waals surface area contributed by atoms with Crippen LogP contribution in [0.3, 0.4) is 0 Å². The molecule has 1 fully saturated rings. The Labute approximate surface area is 109 Å². The summed E-state index contributed by atoms with van der Waals surface area (Å²) >= 11 is 0. The first-order chi connectivity index (χ1) is 9.08. The lowest BCUT2D eigenvalue weighted by molar-refractivity contribution is -0.159. The summed E-state index contributed by atoms with van der Waals surface area (Å²) in [5.74, 6) is -2.58. The van der Waals surface area contributed by atoms with Crippen molar-refractivity contribution in [1.29, 1.82) is 0 Å². The molecule has 0 spiro atoms. The van der Waals surface area contributed by atoms with Crippen molar-refractivity contribution in [3.8, 4) is 0 Å². The van der Waals surface area contributed by atoms with E-state index in [0.29, 0.717) is 12.2 Å². The third-order valence-electron chi connectivity index (χ3n) is 2.80. The number of amides is 2. The molecule has 1 aromatic heterocycles. The zero-order chi connectivity index (χ0) is 13.8. The molecule has 1 aliphatic heterocycles. The summed E-state index contributed by atoms with van der Waals surface area (Å²) < 4.78 is 0. The summed E-state index contributed by atoms with van der Waals surface area (Å²) in [5, 5.41) is 8.64. The summed E-state index contributed by atoms with van der Waals surface area (Å²) in [5.41, 5.74) is 0.690. The van der Waals surface area contributed by atoms with Gasteiger partial charge in [-0.25, -0.2) is 0 Å². The van der Waals surface area contributed by atoms with E-state index in [1.807, 2.05) is 0 Å². The average molecular weight is 263 g/mol. The molecule has 2 rings (SSSR count). The first-order valence-electron chi connectivity index (χ1n) is 5.78. The molecule has 0 radical (unpaired) electrons. The summed E-state index contributed by atoms with van der Waals surface area (Å²) in [6.07, 6.45) is 1.61. The van der Waals surface area contributed by atoms with Gasteiger partial charge in [0.2, 0.25) is 0 Å². The van der Waals surface area contributed by atoms with E-state index in [0.717, 1.165) is 4.90 Å². The first kappa shape index (κ1) is 13.0. The second-order valence-electron chi connectivity index (χ2n) is 4.17. The highest BCUT2D eigenvalue weighted by atomic mass is 16.4. The van der Waals surface area contributed by atoms with Gasteiger partial charge in [-0.2, -0.15) is 0 Å². The number of aliphatic carboxylic acids is 1. The molecule has 0 bridgehead atoms. The second kappa shape index (κ2) is 5.47. The number of aromatic nitrogens is 1. The SMILES string of the molecule is O=C(O)CN1CCN(Cc2ccccn2)C(=O)C1=O. The molecule has 1 aromatic rings. The summed E-state index contributed by atoms with van der Waals surface area (Å²) in [7, 11) is 0. The molecule has 2 heterocycles. The van der Waals surface area contributed by atoms with Gasteiger partial charge in [-0.1, -0.05) is 6.07 Å². The van der Waals surface area contributed by atoms with Crippen LogP contribution in [0, 0.1) is 0 Å². The number of piperazine rings is 1. The fourth-order valence-electron chi connectivity index (χ4n) is 1.87. The van der Waals surface area contributed by atoms with E-state index >= 15 is 0 Å². The van der Waals surface area contributed by atoms with E-state index in [4.69, 9.17) is 5.11 Å². The topological polar surface area (TPSA) is 90.8 Å². The highest BCUT2D eigenvalue weighted by Gasteiger charge is 2.33. The van der Waals surface area contributed by atoms with Crippen molar-refractivity contribution in [2.24, 2.45) is 0 Å². The van der Waals surface area contributed by atoms with Crippen molar-refractivity contribution in [1.82, 2.24) is 14.8 Å². The molecule has 19 heavy (non-hydrogen) atoms. The fraction of sp³-hybridized carbons (Fsp3) is 0.333. The van der Waals surface area contributed by atoms with Crippen molar-refractivity contribution < 1.29 is 19.5 Å². The van der Waals surface area contributed by atoms with Crippen LogP contribution in [0.4, 0.5) is 0 Å². The Kier molecular flexibility index (Phi) is 3.74. The van der Waals surface area contributed by atoms with Crippen LogP contribution in [-0.4, -0.2) is 57.3 Å². The molecule has 7 nitrogen and oxygen atoms in total. The number of carboxylic acid groups (broad SMARTS) is 1. The monoisotopic (exact) mass is 263 g/mol. The number of carbonyl (C=O) groups is 3. The van der Waals surface area contributed by atoms with Gasteiger partial charge in [-0.05, 0) is 12.1 Å². The van der Waals surface area contributed by atoms with E-state index in [9.17, 15) is 14.4 Å². The Balaban J connectivity index is 2.01. The smallest absolute Gasteiger partial charge is 0.323 e. The van der Waals surface area contributed by atoms with Crippen LogP contribution < -0.4 is 0 Å². The summed E-state index contributed by atoms with van der Waals surface area (Å²) in [6.45, 7) is 0.354. The zero-order valence-corrected chi connectivity index (χ0v) is 10.2. The van der Waals surface area contributed by atoms with E-state index in [2.05, 4.69) is 4.98 Å². The standard InChI is InChI=1S/C12H13N3O4/c16-10(17)8-15-6-5-14(11(18)12(15)19)7-9-3-1-2-4-13-9/h1-4H,5-8H2,(H,16,17). The summed E-state index contributed by atoms with van der Waals surface area (Å²) in [4.78, 5) is 40.6. The van der Waals surface area contributed by atoms with Gasteiger partial charge in [0.1, 0.15) is 6.54 Å². The normalized spacial score (nSPS) is 15.8. The number of pyridine rings is 1. The molecule has 0 aliphatic carbocycles. The van der Waals surface area contributed by atoms with Gasteiger partial charge in [0.05, 0.1) is 12.2 Å². The maximum Gasteiger partial charge on any atom is 0.323 e. The molecular formula is C12H13N3O4. The lowest BCUT2D eigenvalue weighted by Gasteiger charge is -2.32. The van der Waals surface area contributed by atoms with Crippen LogP contribution in [0.25, 0.3) is 0 Å². The number of nitrogens with zero attached hydrogens (tertiary/aromatic N) is 3. The van der Waals surface area contributed by atoms with Gasteiger partial charge < -0.3 is 14.9 Å². The largest absolute Gasteiger partial charge is 0.480 e. The molecule has 1 saturated heterocycles. The molecule has 1 aliphatic rings. The van der Waals surface area contributed by atoms with Crippen LogP contribution in [0.1, 0.15) is 5.69 Å². The maximum atomic E-state index is 11.8. The number of hydrogen-bond donors (Lipinski definition) is 1. The Hall–Kier alpha value is -2.44. The molecule has 1 N–H and O–H groups in total. The number of hydrogen-bond acceptors (Lipinski definition) is 4. The number of carboxylic acids is 1. The molecule has 100 valence electrons. The van der Waals surface area contributed by atoms with Crippen LogP contribution in [-0.2, 0) is 20.9 Å². The van der Waals surface area contributed by atoms with Crippen LogP contribution in [0.5, 0.6) is 0 Å². The first-order valence-corrected chi connectivity index (χ1v) is 5.78. The zero-order valence-electron chi connectivity index (χ0n) is 10.2. The second-order valence-corrected chi connectivity index (χ2v) is 4.17. The van der Waals surface area contributed by atoms with Crippen molar-refractivity contribution in [3.05, 3.63) is 30.1 Å².